The maximum atomic E-state index is 13.3. The van der Waals surface area contributed by atoms with Gasteiger partial charge in [0.15, 0.2) is 0 Å². The number of aliphatic imine (C=N–C) groups is 1. The second-order valence-electron chi connectivity index (χ2n) is 8.43. The fourth-order valence-corrected chi connectivity index (χ4v) is 3.25. The molecular weight excluding hydrogens is 429 g/mol. The number of rotatable bonds is 5. The van der Waals surface area contributed by atoms with Crippen LogP contribution in [0.2, 0.25) is 0 Å². The lowest BCUT2D eigenvalue weighted by Crippen LogP contribution is -2.19. The number of aromatic nitrogens is 2. The number of benzene rings is 1. The summed E-state index contributed by atoms with van der Waals surface area (Å²) in [5.74, 6) is -0.365. The fraction of sp³-hybridized carbons (Fsp3) is 0.375. The number of aldehydes is 1. The molecule has 1 atom stereocenters. The quantitative estimate of drug-likeness (QED) is 0.535. The number of aliphatic hydroxyl groups is 1. The van der Waals surface area contributed by atoms with Crippen molar-refractivity contribution >= 4 is 23.8 Å². The number of thioether (sulfide) groups is 1. The summed E-state index contributed by atoms with van der Waals surface area (Å²) in [6, 6.07) is 5.82. The Morgan fingerprint density at radius 3 is 2.31 bits per heavy atom. The highest BCUT2D eigenvalue weighted by Crippen LogP contribution is 2.26. The van der Waals surface area contributed by atoms with Gasteiger partial charge in [-0.15, -0.1) is 11.8 Å². The van der Waals surface area contributed by atoms with Gasteiger partial charge in [-0.1, -0.05) is 45.6 Å². The summed E-state index contributed by atoms with van der Waals surface area (Å²) in [6.45, 7) is 11.9. The van der Waals surface area contributed by atoms with Crippen LogP contribution >= 0.6 is 11.8 Å². The van der Waals surface area contributed by atoms with Crippen LogP contribution in [0.3, 0.4) is 0 Å². The number of allylic oxidation sites excluding steroid dienone is 2. The minimum absolute atomic E-state index is 0.139. The van der Waals surface area contributed by atoms with Crippen LogP contribution in [0.4, 0.5) is 4.39 Å². The van der Waals surface area contributed by atoms with Crippen LogP contribution < -0.4 is 5.56 Å². The van der Waals surface area contributed by atoms with Gasteiger partial charge in [0, 0.05) is 5.41 Å². The van der Waals surface area contributed by atoms with E-state index in [9.17, 15) is 19.1 Å². The second kappa shape index (κ2) is 10.7. The van der Waals surface area contributed by atoms with Gasteiger partial charge in [0.2, 0.25) is 0 Å². The van der Waals surface area contributed by atoms with Gasteiger partial charge >= 0.3 is 0 Å². The molecule has 0 saturated carbocycles. The van der Waals surface area contributed by atoms with Gasteiger partial charge < -0.3 is 9.90 Å². The molecule has 0 radical (unpaired) electrons. The van der Waals surface area contributed by atoms with E-state index in [0.717, 1.165) is 6.29 Å². The van der Waals surface area contributed by atoms with Gasteiger partial charge in [-0.25, -0.2) is 14.1 Å². The molecule has 0 amide bonds. The highest BCUT2D eigenvalue weighted by molar-refractivity contribution is 8.02. The minimum Gasteiger partial charge on any atom is -0.389 e. The van der Waals surface area contributed by atoms with Crippen LogP contribution in [-0.4, -0.2) is 38.8 Å². The number of nitrogens with zero attached hydrogens (tertiary/aromatic N) is 3. The first-order chi connectivity index (χ1) is 15.0. The van der Waals surface area contributed by atoms with Crippen LogP contribution in [0.25, 0.3) is 11.1 Å². The first kappa shape index (κ1) is 25.5. The van der Waals surface area contributed by atoms with E-state index >= 15 is 0 Å². The highest BCUT2D eigenvalue weighted by Gasteiger charge is 2.30. The monoisotopic (exact) mass is 459 g/mol. The van der Waals surface area contributed by atoms with Crippen LogP contribution in [0, 0.1) is 11.2 Å². The Bertz CT molecular complexity index is 1090. The lowest BCUT2D eigenvalue weighted by Gasteiger charge is -2.10. The van der Waals surface area contributed by atoms with Gasteiger partial charge in [-0.05, 0) is 37.0 Å². The molecule has 6 nitrogen and oxygen atoms in total. The topological polar surface area (TPSA) is 76.6 Å². The molecular formula is C24H30FN3O3S. The van der Waals surface area contributed by atoms with E-state index in [-0.39, 0.29) is 23.3 Å². The summed E-state index contributed by atoms with van der Waals surface area (Å²) >= 11 is 1.41. The van der Waals surface area contributed by atoms with E-state index in [1.54, 1.807) is 16.8 Å². The molecule has 0 saturated heterocycles. The number of carbonyl (C=O) groups excluding carboxylic acids is 1. The van der Waals surface area contributed by atoms with Crippen LogP contribution in [0.5, 0.6) is 0 Å². The van der Waals surface area contributed by atoms with Crippen molar-refractivity contribution in [2.45, 2.75) is 46.9 Å². The Labute approximate surface area is 192 Å². The van der Waals surface area contributed by atoms with Gasteiger partial charge in [-0.2, -0.15) is 0 Å². The maximum absolute atomic E-state index is 13.3. The predicted molar refractivity (Wildman–Crippen MR) is 130 cm³/mol. The van der Waals surface area contributed by atoms with Gasteiger partial charge in [0.1, 0.15) is 12.1 Å². The van der Waals surface area contributed by atoms with Gasteiger partial charge in [-0.3, -0.25) is 9.48 Å². The average Bonchev–Trinajstić information content (AvgIpc) is 3.24. The Kier molecular flexibility index (Phi) is 8.58. The van der Waals surface area contributed by atoms with Crippen molar-refractivity contribution in [1.82, 2.24) is 9.36 Å². The number of fused-ring (bicyclic) bond motifs is 1. The summed E-state index contributed by atoms with van der Waals surface area (Å²) in [7, 11) is 0. The largest absolute Gasteiger partial charge is 0.389 e. The minimum atomic E-state index is -0.626. The smallest absolute Gasteiger partial charge is 0.275 e. The Morgan fingerprint density at radius 1 is 1.25 bits per heavy atom. The molecule has 1 aromatic heterocycles. The normalized spacial score (nSPS) is 16.0. The van der Waals surface area contributed by atoms with Crippen molar-refractivity contribution in [3.05, 3.63) is 69.9 Å². The van der Waals surface area contributed by atoms with Crippen molar-refractivity contribution in [2.24, 2.45) is 10.4 Å². The molecule has 1 aliphatic rings. The molecule has 0 bridgehead atoms. The molecule has 0 fully saturated rings. The maximum Gasteiger partial charge on any atom is 0.275 e. The number of halogens is 1. The lowest BCUT2D eigenvalue weighted by molar-refractivity contribution is -0.113. The molecule has 1 N–H and O–H groups in total. The highest BCUT2D eigenvalue weighted by atomic mass is 32.2. The van der Waals surface area contributed by atoms with E-state index in [4.69, 9.17) is 0 Å². The van der Waals surface area contributed by atoms with Crippen LogP contribution in [0.1, 0.15) is 33.4 Å². The molecule has 1 unspecified atom stereocenters. The first-order valence-electron chi connectivity index (χ1n) is 10.2. The molecule has 2 heterocycles. The SMILES string of the molecule is C=C(/N=C(\C=C/C)c1c(-c2ccc(F)cc2)c(=O)n2n1CC(O)C2)SC.CC(C)(C)C=O. The van der Waals surface area contributed by atoms with E-state index in [1.807, 2.05) is 46.1 Å². The number of hydrogen-bond donors (Lipinski definition) is 1. The van der Waals surface area contributed by atoms with E-state index < -0.39 is 6.10 Å². The number of hydrogen-bond acceptors (Lipinski definition) is 5. The van der Waals surface area contributed by atoms with E-state index in [2.05, 4.69) is 11.6 Å². The van der Waals surface area contributed by atoms with Gasteiger partial charge in [0.05, 0.1) is 41.2 Å². The molecule has 172 valence electrons. The molecule has 3 rings (SSSR count). The molecule has 32 heavy (non-hydrogen) atoms. The summed E-state index contributed by atoms with van der Waals surface area (Å²) in [5, 5.41) is 10.6. The second-order valence-corrected chi connectivity index (χ2v) is 9.31. The summed E-state index contributed by atoms with van der Waals surface area (Å²) in [6.07, 6.45) is 5.83. The molecule has 2 aromatic rings. The summed E-state index contributed by atoms with van der Waals surface area (Å²) in [5.41, 5.74) is 1.88. The van der Waals surface area contributed by atoms with Crippen molar-refractivity contribution in [1.29, 1.82) is 0 Å². The van der Waals surface area contributed by atoms with Crippen LogP contribution in [-0.2, 0) is 17.9 Å². The zero-order chi connectivity index (χ0) is 24.1. The summed E-state index contributed by atoms with van der Waals surface area (Å²) in [4.78, 5) is 27.4. The van der Waals surface area contributed by atoms with Crippen LogP contribution in [0.15, 0.2) is 57.8 Å². The van der Waals surface area contributed by atoms with Gasteiger partial charge in [0.25, 0.3) is 5.56 Å². The van der Waals surface area contributed by atoms with Crippen molar-refractivity contribution in [3.8, 4) is 11.1 Å². The third-order valence-corrected chi connectivity index (χ3v) is 5.10. The predicted octanol–water partition coefficient (Wildman–Crippen LogP) is 4.26. The zero-order valence-electron chi connectivity index (χ0n) is 19.1. The van der Waals surface area contributed by atoms with Crippen molar-refractivity contribution in [3.63, 3.8) is 0 Å². The zero-order valence-corrected chi connectivity index (χ0v) is 19.9. The molecule has 8 heteroatoms. The number of carbonyl (C=O) groups is 1. The fourth-order valence-electron chi connectivity index (χ4n) is 3.06. The molecule has 0 aliphatic carbocycles. The summed E-state index contributed by atoms with van der Waals surface area (Å²) < 4.78 is 16.6. The third-order valence-electron chi connectivity index (χ3n) is 4.54. The number of aliphatic hydroxyl groups excluding tert-OH is 1. The standard InChI is InChI=1S/C19H20FN3O2S.C5H10O/c1-4-5-16(21-12(2)26-3)18-17(13-6-8-14(20)9-7-13)19(25)23-11-15(24)10-22(18)23;1-5(2,3)4-6/h4-9,15,24H,2,10-11H2,1,3H3;4H,1-3H3/b5-4-,21-16+;. The molecule has 1 aliphatic heterocycles. The first-order valence-corrected chi connectivity index (χ1v) is 11.4. The lowest BCUT2D eigenvalue weighted by atomic mass is 10.0. The molecule has 1 aromatic carbocycles. The van der Waals surface area contributed by atoms with Crippen molar-refractivity contribution < 1.29 is 14.3 Å². The Morgan fingerprint density at radius 2 is 1.81 bits per heavy atom. The van der Waals surface area contributed by atoms with E-state index in [1.165, 1.54) is 28.6 Å². The average molecular weight is 460 g/mol. The Hall–Kier alpha value is -2.71. The van der Waals surface area contributed by atoms with Crippen molar-refractivity contribution in [2.75, 3.05) is 6.26 Å². The Balaban J connectivity index is 0.000000534. The third kappa shape index (κ3) is 6.17. The van der Waals surface area contributed by atoms with E-state index in [0.29, 0.717) is 34.1 Å². The molecule has 0 spiro atoms.